The molecule has 3 atom stereocenters. The molecule has 1 aromatic rings. The van der Waals surface area contributed by atoms with Crippen molar-refractivity contribution < 1.29 is 13.9 Å². The lowest BCUT2D eigenvalue weighted by molar-refractivity contribution is 0.0528. The van der Waals surface area contributed by atoms with E-state index in [1.54, 1.807) is 6.07 Å². The zero-order chi connectivity index (χ0) is 14.1. The maximum absolute atomic E-state index is 13.6. The van der Waals surface area contributed by atoms with Gasteiger partial charge in [-0.3, -0.25) is 9.69 Å². The molecule has 0 aliphatic carbocycles. The number of fused-ring (bicyclic) bond motifs is 2. The van der Waals surface area contributed by atoms with Crippen molar-refractivity contribution in [3.05, 3.63) is 29.6 Å². The second kappa shape index (κ2) is 5.52. The molecule has 2 heterocycles. The van der Waals surface area contributed by atoms with Gasteiger partial charge in [0, 0.05) is 18.2 Å². The van der Waals surface area contributed by atoms with E-state index >= 15 is 0 Å². The number of hydrogen-bond acceptors (Lipinski definition) is 3. The van der Waals surface area contributed by atoms with Crippen molar-refractivity contribution in [3.63, 3.8) is 0 Å². The van der Waals surface area contributed by atoms with Gasteiger partial charge in [0.25, 0.3) is 0 Å². The molecule has 0 amide bonds. The minimum absolute atomic E-state index is 0.0817. The second-order valence-corrected chi connectivity index (χ2v) is 5.73. The fraction of sp³-hybridized carbons (Fsp3) is 0.562. The third-order valence-corrected chi connectivity index (χ3v) is 4.61. The van der Waals surface area contributed by atoms with Crippen LogP contribution in [0.15, 0.2) is 18.2 Å². The van der Waals surface area contributed by atoms with E-state index in [2.05, 4.69) is 11.8 Å². The Labute approximate surface area is 118 Å². The van der Waals surface area contributed by atoms with E-state index in [-0.39, 0.29) is 11.7 Å². The maximum atomic E-state index is 13.6. The van der Waals surface area contributed by atoms with Crippen LogP contribution in [0.25, 0.3) is 0 Å². The van der Waals surface area contributed by atoms with Gasteiger partial charge < -0.3 is 4.74 Å². The quantitative estimate of drug-likeness (QED) is 0.792. The van der Waals surface area contributed by atoms with Crippen molar-refractivity contribution in [3.8, 4) is 5.75 Å². The molecule has 0 aromatic heterocycles. The lowest BCUT2D eigenvalue weighted by Gasteiger charge is -2.38. The van der Waals surface area contributed by atoms with Crippen LogP contribution in [0.4, 0.5) is 4.39 Å². The van der Waals surface area contributed by atoms with E-state index in [1.165, 1.54) is 25.0 Å². The summed E-state index contributed by atoms with van der Waals surface area (Å²) in [7, 11) is 0. The Bertz CT molecular complexity index is 491. The molecule has 2 aliphatic rings. The Morgan fingerprint density at radius 1 is 1.35 bits per heavy atom. The predicted molar refractivity (Wildman–Crippen MR) is 74.6 cm³/mol. The average molecular weight is 277 g/mol. The third kappa shape index (κ3) is 2.44. The second-order valence-electron chi connectivity index (χ2n) is 5.73. The summed E-state index contributed by atoms with van der Waals surface area (Å²) in [5, 5.41) is 0. The number of carbonyl (C=O) groups excluding carboxylic acids is 1. The summed E-state index contributed by atoms with van der Waals surface area (Å²) in [4.78, 5) is 13.2. The third-order valence-electron chi connectivity index (χ3n) is 4.61. The molecule has 108 valence electrons. The SMILES string of the molecule is CCN1[C@@H]2CC[C@H]1CC(Oc1ccc(C=O)c(F)c1)C2. The molecule has 2 aliphatic heterocycles. The van der Waals surface area contributed by atoms with Gasteiger partial charge >= 0.3 is 0 Å². The number of ether oxygens (including phenoxy) is 1. The summed E-state index contributed by atoms with van der Waals surface area (Å²) in [5.74, 6) is 0.0221. The molecular formula is C16H20FNO2. The first-order valence-corrected chi connectivity index (χ1v) is 7.38. The van der Waals surface area contributed by atoms with Gasteiger partial charge in [-0.25, -0.2) is 4.39 Å². The zero-order valence-electron chi connectivity index (χ0n) is 11.7. The van der Waals surface area contributed by atoms with Crippen molar-refractivity contribution in [2.24, 2.45) is 0 Å². The minimum atomic E-state index is -0.508. The molecule has 4 heteroatoms. The Balaban J connectivity index is 1.67. The van der Waals surface area contributed by atoms with Crippen LogP contribution in [0.2, 0.25) is 0 Å². The van der Waals surface area contributed by atoms with Crippen LogP contribution in [0.1, 0.15) is 43.0 Å². The van der Waals surface area contributed by atoms with E-state index in [4.69, 9.17) is 4.74 Å². The van der Waals surface area contributed by atoms with Crippen molar-refractivity contribution in [2.75, 3.05) is 6.54 Å². The molecule has 0 saturated carbocycles. The first-order chi connectivity index (χ1) is 9.71. The first kappa shape index (κ1) is 13.6. The highest BCUT2D eigenvalue weighted by atomic mass is 19.1. The number of benzene rings is 1. The first-order valence-electron chi connectivity index (χ1n) is 7.38. The number of halogens is 1. The van der Waals surface area contributed by atoms with Crippen LogP contribution in [0.5, 0.6) is 5.75 Å². The number of piperidine rings is 1. The molecule has 3 nitrogen and oxygen atoms in total. The van der Waals surface area contributed by atoms with Gasteiger partial charge in [-0.05, 0) is 44.4 Å². The average Bonchev–Trinajstić information content (AvgIpc) is 2.69. The number of rotatable bonds is 4. The smallest absolute Gasteiger partial charge is 0.152 e. The number of hydrogen-bond donors (Lipinski definition) is 0. The fourth-order valence-corrected chi connectivity index (χ4v) is 3.71. The van der Waals surface area contributed by atoms with Crippen molar-refractivity contribution in [1.82, 2.24) is 4.90 Å². The van der Waals surface area contributed by atoms with Gasteiger partial charge in [0.1, 0.15) is 17.7 Å². The van der Waals surface area contributed by atoms with Crippen molar-refractivity contribution >= 4 is 6.29 Å². The highest BCUT2D eigenvalue weighted by Crippen LogP contribution is 2.37. The van der Waals surface area contributed by atoms with E-state index < -0.39 is 5.82 Å². The molecule has 20 heavy (non-hydrogen) atoms. The van der Waals surface area contributed by atoms with E-state index in [9.17, 15) is 9.18 Å². The number of carbonyl (C=O) groups is 1. The van der Waals surface area contributed by atoms with Crippen molar-refractivity contribution in [1.29, 1.82) is 0 Å². The normalized spacial score (nSPS) is 29.4. The monoisotopic (exact) mass is 277 g/mol. The zero-order valence-corrected chi connectivity index (χ0v) is 11.7. The van der Waals surface area contributed by atoms with Gasteiger partial charge in [-0.1, -0.05) is 6.92 Å². The van der Waals surface area contributed by atoms with Crippen LogP contribution in [0, 0.1) is 5.82 Å². The summed E-state index contributed by atoms with van der Waals surface area (Å²) >= 11 is 0. The molecule has 2 saturated heterocycles. The summed E-state index contributed by atoms with van der Waals surface area (Å²) in [6.45, 7) is 3.31. The standard InChI is InChI=1S/C16H20FNO2/c1-2-18-12-4-5-13(18)8-15(7-12)20-14-6-3-11(10-19)16(17)9-14/h3,6,9-10,12-13,15H,2,4-5,7-8H2,1H3/t12-,13+,15?. The molecule has 0 radical (unpaired) electrons. The lowest BCUT2D eigenvalue weighted by atomic mass is 10.00. The van der Waals surface area contributed by atoms with Crippen LogP contribution in [0.3, 0.4) is 0 Å². The summed E-state index contributed by atoms with van der Waals surface area (Å²) in [6, 6.07) is 5.71. The van der Waals surface area contributed by atoms with Gasteiger partial charge in [-0.15, -0.1) is 0 Å². The summed E-state index contributed by atoms with van der Waals surface area (Å²) in [5.41, 5.74) is 0.0817. The molecule has 1 aromatic carbocycles. The molecule has 1 unspecified atom stereocenters. The molecule has 2 bridgehead atoms. The Hall–Kier alpha value is -1.42. The molecule has 0 spiro atoms. The summed E-state index contributed by atoms with van der Waals surface area (Å²) < 4.78 is 19.5. The largest absolute Gasteiger partial charge is 0.490 e. The maximum Gasteiger partial charge on any atom is 0.152 e. The number of nitrogens with zero attached hydrogens (tertiary/aromatic N) is 1. The van der Waals surface area contributed by atoms with Gasteiger partial charge in [-0.2, -0.15) is 0 Å². The fourth-order valence-electron chi connectivity index (χ4n) is 3.71. The van der Waals surface area contributed by atoms with Crippen molar-refractivity contribution in [2.45, 2.75) is 50.8 Å². The Kier molecular flexibility index (Phi) is 3.74. The van der Waals surface area contributed by atoms with Crippen LogP contribution >= 0.6 is 0 Å². The van der Waals surface area contributed by atoms with E-state index in [0.717, 1.165) is 19.4 Å². The van der Waals surface area contributed by atoms with Gasteiger partial charge in [0.15, 0.2) is 6.29 Å². The van der Waals surface area contributed by atoms with Crippen LogP contribution in [-0.2, 0) is 0 Å². The Morgan fingerprint density at radius 3 is 2.60 bits per heavy atom. The minimum Gasteiger partial charge on any atom is -0.490 e. The van der Waals surface area contributed by atoms with Gasteiger partial charge in [0.05, 0.1) is 5.56 Å². The molecule has 3 rings (SSSR count). The van der Waals surface area contributed by atoms with Crippen LogP contribution in [-0.4, -0.2) is 35.9 Å². The topological polar surface area (TPSA) is 29.5 Å². The van der Waals surface area contributed by atoms with E-state index in [0.29, 0.717) is 24.1 Å². The lowest BCUT2D eigenvalue weighted by Crippen LogP contribution is -2.46. The Morgan fingerprint density at radius 2 is 2.05 bits per heavy atom. The molecule has 0 N–H and O–H groups in total. The predicted octanol–water partition coefficient (Wildman–Crippen LogP) is 3.03. The van der Waals surface area contributed by atoms with E-state index in [1.807, 2.05) is 0 Å². The summed E-state index contributed by atoms with van der Waals surface area (Å²) in [6.07, 6.45) is 5.21. The number of aldehydes is 1. The molecular weight excluding hydrogens is 257 g/mol. The van der Waals surface area contributed by atoms with Gasteiger partial charge in [0.2, 0.25) is 0 Å². The molecule has 2 fully saturated rings. The highest BCUT2D eigenvalue weighted by Gasteiger charge is 2.40. The highest BCUT2D eigenvalue weighted by molar-refractivity contribution is 5.75. The van der Waals surface area contributed by atoms with Crippen LogP contribution < -0.4 is 4.74 Å².